The highest BCUT2D eigenvalue weighted by Crippen LogP contribution is 2.40. The topological polar surface area (TPSA) is 80.0 Å². The molecule has 0 aliphatic carbocycles. The molecule has 0 fully saturated rings. The van der Waals surface area contributed by atoms with E-state index in [9.17, 15) is 14.7 Å². The van der Waals surface area contributed by atoms with Crippen molar-refractivity contribution in [1.29, 1.82) is 0 Å². The minimum Gasteiger partial charge on any atom is -0.503 e. The molecule has 3 aromatic rings. The molecule has 1 unspecified atom stereocenters. The lowest BCUT2D eigenvalue weighted by Crippen LogP contribution is -2.32. The third-order valence-corrected chi connectivity index (χ3v) is 6.57. The van der Waals surface area contributed by atoms with E-state index in [1.165, 1.54) is 4.90 Å². The Hall–Kier alpha value is -3.09. The molecule has 4 rings (SSSR count). The van der Waals surface area contributed by atoms with Crippen LogP contribution < -0.4 is 0 Å². The van der Waals surface area contributed by atoms with Gasteiger partial charge in [-0.15, -0.1) is 0 Å². The van der Waals surface area contributed by atoms with Crippen molar-refractivity contribution in [2.45, 2.75) is 58.6 Å². The van der Waals surface area contributed by atoms with E-state index in [0.29, 0.717) is 35.6 Å². The van der Waals surface area contributed by atoms with Gasteiger partial charge in [0, 0.05) is 23.6 Å². The van der Waals surface area contributed by atoms with Gasteiger partial charge in [-0.25, -0.2) is 0 Å². The van der Waals surface area contributed by atoms with Gasteiger partial charge in [0.05, 0.1) is 17.7 Å². The highest BCUT2D eigenvalue weighted by molar-refractivity contribution is 6.31. The number of hydrogen-bond donors (Lipinski definition) is 1. The summed E-state index contributed by atoms with van der Waals surface area (Å²) in [6.45, 7) is 11.1. The Morgan fingerprint density at radius 3 is 2.47 bits per heavy atom. The van der Waals surface area contributed by atoms with Gasteiger partial charge in [0.15, 0.2) is 11.5 Å². The number of benzene rings is 2. The number of halogens is 1. The standard InChI is InChI=1S/C29H32ClNO5/c1-17(2)35-14-6-13-31-25(18-7-9-20(10-8-18)29(3,4)5)24(27(33)28(31)34)26(32)23-16-19-15-21(30)11-12-22(19)36-23/h7-12,15-17,25,33H,6,13-14H2,1-5H3. The van der Waals surface area contributed by atoms with Gasteiger partial charge in [-0.05, 0) is 61.1 Å². The maximum Gasteiger partial charge on any atom is 0.290 e. The molecular formula is C29H32ClNO5. The average molecular weight is 510 g/mol. The summed E-state index contributed by atoms with van der Waals surface area (Å²) in [5.74, 6) is -1.61. The molecule has 2 heterocycles. The number of fused-ring (bicyclic) bond motifs is 1. The zero-order chi connectivity index (χ0) is 26.2. The fourth-order valence-electron chi connectivity index (χ4n) is 4.44. The number of rotatable bonds is 8. The molecule has 1 aliphatic heterocycles. The van der Waals surface area contributed by atoms with Gasteiger partial charge in [0.25, 0.3) is 5.91 Å². The van der Waals surface area contributed by atoms with Crippen molar-refractivity contribution in [3.8, 4) is 0 Å². The first-order chi connectivity index (χ1) is 17.0. The van der Waals surface area contributed by atoms with Crippen molar-refractivity contribution in [3.05, 3.63) is 81.8 Å². The van der Waals surface area contributed by atoms with Crippen molar-refractivity contribution in [2.75, 3.05) is 13.2 Å². The molecule has 1 aromatic heterocycles. The van der Waals surface area contributed by atoms with Crippen LogP contribution in [0.1, 0.15) is 68.8 Å². The summed E-state index contributed by atoms with van der Waals surface area (Å²) in [5.41, 5.74) is 2.33. The summed E-state index contributed by atoms with van der Waals surface area (Å²) in [6.07, 6.45) is 0.642. The Balaban J connectivity index is 1.72. The molecule has 1 amide bonds. The summed E-state index contributed by atoms with van der Waals surface area (Å²) in [7, 11) is 0. The Morgan fingerprint density at radius 1 is 1.14 bits per heavy atom. The third kappa shape index (κ3) is 5.20. The van der Waals surface area contributed by atoms with Crippen LogP contribution >= 0.6 is 11.6 Å². The largest absolute Gasteiger partial charge is 0.503 e. The molecule has 2 aromatic carbocycles. The normalized spacial score (nSPS) is 16.6. The second-order valence-electron chi connectivity index (χ2n) is 10.4. The van der Waals surface area contributed by atoms with Crippen LogP contribution in [0.25, 0.3) is 11.0 Å². The van der Waals surface area contributed by atoms with Crippen LogP contribution in [0.4, 0.5) is 0 Å². The first-order valence-electron chi connectivity index (χ1n) is 12.2. The average Bonchev–Trinajstić information content (AvgIpc) is 3.34. The number of ketones is 1. The van der Waals surface area contributed by atoms with E-state index < -0.39 is 23.5 Å². The molecule has 0 radical (unpaired) electrons. The van der Waals surface area contributed by atoms with Crippen LogP contribution in [0.5, 0.6) is 0 Å². The fourth-order valence-corrected chi connectivity index (χ4v) is 4.62. The number of carbonyl (C=O) groups excluding carboxylic acids is 2. The second-order valence-corrected chi connectivity index (χ2v) is 10.9. The van der Waals surface area contributed by atoms with Gasteiger partial charge in [-0.1, -0.05) is 56.6 Å². The zero-order valence-corrected chi connectivity index (χ0v) is 22.1. The predicted octanol–water partition coefficient (Wildman–Crippen LogP) is 6.78. The number of aliphatic hydroxyl groups excluding tert-OH is 1. The maximum atomic E-state index is 13.7. The van der Waals surface area contributed by atoms with Gasteiger partial charge >= 0.3 is 0 Å². The van der Waals surface area contributed by atoms with Crippen LogP contribution in [-0.2, 0) is 14.9 Å². The molecule has 6 nitrogen and oxygen atoms in total. The minimum absolute atomic E-state index is 0.0124. The molecule has 0 bridgehead atoms. The van der Waals surface area contributed by atoms with E-state index in [1.54, 1.807) is 24.3 Å². The number of nitrogens with zero attached hydrogens (tertiary/aromatic N) is 1. The van der Waals surface area contributed by atoms with Gasteiger partial charge < -0.3 is 19.2 Å². The lowest BCUT2D eigenvalue weighted by atomic mass is 9.85. The van der Waals surface area contributed by atoms with E-state index in [4.69, 9.17) is 20.8 Å². The number of ether oxygens (including phenoxy) is 1. The van der Waals surface area contributed by atoms with Crippen LogP contribution in [0.3, 0.4) is 0 Å². The van der Waals surface area contributed by atoms with Gasteiger partial charge in [0.1, 0.15) is 5.58 Å². The first kappa shape index (κ1) is 26.0. The van der Waals surface area contributed by atoms with Crippen molar-refractivity contribution in [1.82, 2.24) is 4.90 Å². The SMILES string of the molecule is CC(C)OCCCN1C(=O)C(O)=C(C(=O)c2cc3cc(Cl)ccc3o2)C1c1ccc(C(C)(C)C)cc1. The van der Waals surface area contributed by atoms with E-state index >= 15 is 0 Å². The molecule has 7 heteroatoms. The first-order valence-corrected chi connectivity index (χ1v) is 12.5. The molecule has 0 spiro atoms. The molecule has 1 atom stereocenters. The molecular weight excluding hydrogens is 478 g/mol. The lowest BCUT2D eigenvalue weighted by Gasteiger charge is -2.27. The van der Waals surface area contributed by atoms with Crippen LogP contribution in [0, 0.1) is 0 Å². The van der Waals surface area contributed by atoms with E-state index in [1.807, 2.05) is 38.1 Å². The number of amides is 1. The highest BCUT2D eigenvalue weighted by Gasteiger charge is 2.44. The molecule has 190 valence electrons. The minimum atomic E-state index is -0.741. The number of Topliss-reactive ketones (excluding diaryl/α,β-unsaturated/α-hetero) is 1. The Kier molecular flexibility index (Phi) is 7.30. The van der Waals surface area contributed by atoms with Gasteiger partial charge in [-0.3, -0.25) is 9.59 Å². The zero-order valence-electron chi connectivity index (χ0n) is 21.3. The molecule has 36 heavy (non-hydrogen) atoms. The fraction of sp³-hybridized carbons (Fsp3) is 0.379. The summed E-state index contributed by atoms with van der Waals surface area (Å²) >= 11 is 6.09. The Bertz CT molecular complexity index is 1310. The van der Waals surface area contributed by atoms with Crippen LogP contribution in [0.2, 0.25) is 5.02 Å². The van der Waals surface area contributed by atoms with Crippen molar-refractivity contribution >= 4 is 34.3 Å². The predicted molar refractivity (Wildman–Crippen MR) is 141 cm³/mol. The summed E-state index contributed by atoms with van der Waals surface area (Å²) in [4.78, 5) is 28.4. The van der Waals surface area contributed by atoms with E-state index in [0.717, 1.165) is 11.1 Å². The Labute approximate surface area is 216 Å². The van der Waals surface area contributed by atoms with Crippen LogP contribution in [-0.4, -0.2) is 41.0 Å². The molecule has 0 saturated heterocycles. The second kappa shape index (κ2) is 10.1. The van der Waals surface area contributed by atoms with E-state index in [-0.39, 0.29) is 22.9 Å². The Morgan fingerprint density at radius 2 is 1.83 bits per heavy atom. The number of hydrogen-bond acceptors (Lipinski definition) is 5. The molecule has 1 aliphatic rings. The summed E-state index contributed by atoms with van der Waals surface area (Å²) < 4.78 is 11.4. The van der Waals surface area contributed by atoms with Crippen molar-refractivity contribution in [2.24, 2.45) is 0 Å². The maximum absolute atomic E-state index is 13.7. The van der Waals surface area contributed by atoms with Crippen LogP contribution in [0.15, 0.2) is 64.3 Å². The number of carbonyl (C=O) groups is 2. The number of furan rings is 1. The number of aliphatic hydroxyl groups is 1. The smallest absolute Gasteiger partial charge is 0.290 e. The third-order valence-electron chi connectivity index (χ3n) is 6.34. The van der Waals surface area contributed by atoms with E-state index in [2.05, 4.69) is 20.8 Å². The van der Waals surface area contributed by atoms with Gasteiger partial charge in [-0.2, -0.15) is 0 Å². The van der Waals surface area contributed by atoms with Crippen molar-refractivity contribution in [3.63, 3.8) is 0 Å². The van der Waals surface area contributed by atoms with Crippen molar-refractivity contribution < 1.29 is 23.8 Å². The molecule has 0 saturated carbocycles. The quantitative estimate of drug-likeness (QED) is 0.267. The summed E-state index contributed by atoms with van der Waals surface area (Å²) in [5, 5.41) is 12.1. The lowest BCUT2D eigenvalue weighted by molar-refractivity contribution is -0.129. The van der Waals surface area contributed by atoms with Gasteiger partial charge in [0.2, 0.25) is 5.78 Å². The highest BCUT2D eigenvalue weighted by atomic mass is 35.5. The molecule has 1 N–H and O–H groups in total. The summed E-state index contributed by atoms with van der Waals surface area (Å²) in [6, 6.07) is 13.8. The monoisotopic (exact) mass is 509 g/mol.